The first-order valence-electron chi connectivity index (χ1n) is 12.4. The zero-order chi connectivity index (χ0) is 25.1. The van der Waals surface area contributed by atoms with Crippen LogP contribution in [0.2, 0.25) is 0 Å². The number of nitrogens with zero attached hydrogens (tertiary/aromatic N) is 2. The molecule has 2 unspecified atom stereocenters. The number of phenolic OH excluding ortho intramolecular Hbond substituents is 1. The minimum atomic E-state index is -0.624. The van der Waals surface area contributed by atoms with Crippen molar-refractivity contribution in [3.63, 3.8) is 0 Å². The maximum atomic E-state index is 14.0. The topological polar surface area (TPSA) is 82.1 Å². The van der Waals surface area contributed by atoms with Gasteiger partial charge in [0.15, 0.2) is 0 Å². The number of likely N-dealkylation sites (tertiary alicyclic amines) is 1. The van der Waals surface area contributed by atoms with Crippen LogP contribution in [0.15, 0.2) is 60.7 Å². The van der Waals surface area contributed by atoms with Gasteiger partial charge < -0.3 is 20.1 Å². The van der Waals surface area contributed by atoms with Crippen LogP contribution in [0.1, 0.15) is 34.8 Å². The molecule has 3 aromatic rings. The highest BCUT2D eigenvalue weighted by atomic mass is 19.1. The van der Waals surface area contributed by atoms with Crippen molar-refractivity contribution in [1.29, 1.82) is 0 Å². The van der Waals surface area contributed by atoms with E-state index in [-0.39, 0.29) is 35.0 Å². The lowest BCUT2D eigenvalue weighted by Gasteiger charge is -2.35. The lowest BCUT2D eigenvalue weighted by atomic mass is 10.0. The Hall–Kier alpha value is -3.49. The largest absolute Gasteiger partial charge is 0.506 e. The molecule has 7 nitrogen and oxygen atoms in total. The normalized spacial score (nSPS) is 19.4. The average Bonchev–Trinajstić information content (AvgIpc) is 3.40. The Balaban J connectivity index is 1.31. The fourth-order valence-corrected chi connectivity index (χ4v) is 5.24. The lowest BCUT2D eigenvalue weighted by Crippen LogP contribution is -2.49. The number of fused-ring (bicyclic) bond motifs is 1. The Kier molecular flexibility index (Phi) is 7.16. The molecular formula is C28H30FN3O4. The van der Waals surface area contributed by atoms with Crippen molar-refractivity contribution in [2.75, 3.05) is 39.4 Å². The van der Waals surface area contributed by atoms with Gasteiger partial charge in [-0.05, 0) is 42.0 Å². The van der Waals surface area contributed by atoms with Gasteiger partial charge in [0.1, 0.15) is 17.6 Å². The summed E-state index contributed by atoms with van der Waals surface area (Å²) in [6, 6.07) is 16.4. The Morgan fingerprint density at radius 1 is 1.06 bits per heavy atom. The van der Waals surface area contributed by atoms with E-state index in [1.807, 2.05) is 24.3 Å². The number of morpholine rings is 1. The SMILES string of the molecule is O=C(NCC(c1cccc(F)c1)N1CCOCC1)C1CCCN1C(=O)c1ccc2ccccc2c1O. The number of carbonyl (C=O) groups is 2. The molecule has 2 N–H and O–H groups in total. The first-order valence-corrected chi connectivity index (χ1v) is 12.4. The smallest absolute Gasteiger partial charge is 0.258 e. The molecule has 0 saturated carbocycles. The van der Waals surface area contributed by atoms with Gasteiger partial charge in [0, 0.05) is 31.6 Å². The second kappa shape index (κ2) is 10.6. The number of hydrogen-bond donors (Lipinski definition) is 2. The maximum absolute atomic E-state index is 14.0. The Labute approximate surface area is 209 Å². The second-order valence-corrected chi connectivity index (χ2v) is 9.30. The third-order valence-corrected chi connectivity index (χ3v) is 7.14. The van der Waals surface area contributed by atoms with E-state index in [0.717, 1.165) is 10.9 Å². The number of aromatic hydroxyl groups is 1. The highest BCUT2D eigenvalue weighted by Crippen LogP contribution is 2.31. The molecule has 2 amide bonds. The molecular weight excluding hydrogens is 461 g/mol. The van der Waals surface area contributed by atoms with Crippen LogP contribution in [-0.4, -0.2) is 72.2 Å². The van der Waals surface area contributed by atoms with E-state index >= 15 is 0 Å². The van der Waals surface area contributed by atoms with E-state index in [9.17, 15) is 19.1 Å². The van der Waals surface area contributed by atoms with Gasteiger partial charge >= 0.3 is 0 Å². The first-order chi connectivity index (χ1) is 17.5. The fraction of sp³-hybridized carbons (Fsp3) is 0.357. The predicted octanol–water partition coefficient (Wildman–Crippen LogP) is 3.48. The minimum Gasteiger partial charge on any atom is -0.506 e. The number of halogens is 1. The van der Waals surface area contributed by atoms with Gasteiger partial charge in [-0.2, -0.15) is 0 Å². The summed E-state index contributed by atoms with van der Waals surface area (Å²) in [4.78, 5) is 30.4. The van der Waals surface area contributed by atoms with Gasteiger partial charge in [-0.25, -0.2) is 4.39 Å². The standard InChI is InChI=1S/C28H30FN3O4/c29-21-7-3-6-20(17-21)25(31-13-15-36-16-14-31)18-30-27(34)24-9-4-12-32(24)28(35)23-11-10-19-5-1-2-8-22(19)26(23)33/h1-3,5-8,10-11,17,24-25,33H,4,9,12-16,18H2,(H,30,34). The van der Waals surface area contributed by atoms with Crippen LogP contribution in [0, 0.1) is 5.82 Å². The quantitative estimate of drug-likeness (QED) is 0.552. The number of phenols is 1. The molecule has 5 rings (SSSR count). The molecule has 2 aliphatic rings. The molecule has 2 saturated heterocycles. The number of amides is 2. The van der Waals surface area contributed by atoms with E-state index in [2.05, 4.69) is 10.2 Å². The zero-order valence-corrected chi connectivity index (χ0v) is 20.0. The number of hydrogen-bond acceptors (Lipinski definition) is 5. The summed E-state index contributed by atoms with van der Waals surface area (Å²) in [5.74, 6) is -0.982. The van der Waals surface area contributed by atoms with Gasteiger partial charge in [-0.3, -0.25) is 14.5 Å². The van der Waals surface area contributed by atoms with E-state index in [1.54, 1.807) is 29.2 Å². The summed E-state index contributed by atoms with van der Waals surface area (Å²) in [6.07, 6.45) is 1.25. The molecule has 0 aliphatic carbocycles. The van der Waals surface area contributed by atoms with Crippen molar-refractivity contribution in [3.05, 3.63) is 77.6 Å². The molecule has 8 heteroatoms. The molecule has 0 radical (unpaired) electrons. The Morgan fingerprint density at radius 2 is 1.86 bits per heavy atom. The van der Waals surface area contributed by atoms with Gasteiger partial charge in [-0.1, -0.05) is 42.5 Å². The first kappa shape index (κ1) is 24.2. The highest BCUT2D eigenvalue weighted by molar-refractivity contribution is 6.05. The molecule has 0 spiro atoms. The molecule has 2 heterocycles. The van der Waals surface area contributed by atoms with Gasteiger partial charge in [0.25, 0.3) is 5.91 Å². The van der Waals surface area contributed by atoms with Crippen molar-refractivity contribution < 1.29 is 23.8 Å². The zero-order valence-electron chi connectivity index (χ0n) is 20.0. The van der Waals surface area contributed by atoms with Crippen LogP contribution in [0.3, 0.4) is 0 Å². The maximum Gasteiger partial charge on any atom is 0.258 e. The van der Waals surface area contributed by atoms with E-state index in [0.29, 0.717) is 57.6 Å². The van der Waals surface area contributed by atoms with Gasteiger partial charge in [0.2, 0.25) is 5.91 Å². The lowest BCUT2D eigenvalue weighted by molar-refractivity contribution is -0.125. The average molecular weight is 492 g/mol. The van der Waals surface area contributed by atoms with Crippen molar-refractivity contribution in [3.8, 4) is 5.75 Å². The number of carbonyl (C=O) groups excluding carboxylic acids is 2. The van der Waals surface area contributed by atoms with E-state index in [4.69, 9.17) is 4.74 Å². The van der Waals surface area contributed by atoms with Crippen LogP contribution in [-0.2, 0) is 9.53 Å². The summed E-state index contributed by atoms with van der Waals surface area (Å²) in [5.41, 5.74) is 0.983. The summed E-state index contributed by atoms with van der Waals surface area (Å²) in [5, 5.41) is 15.2. The second-order valence-electron chi connectivity index (χ2n) is 9.30. The monoisotopic (exact) mass is 491 g/mol. The predicted molar refractivity (Wildman–Crippen MR) is 134 cm³/mol. The molecule has 188 valence electrons. The van der Waals surface area contributed by atoms with Crippen LogP contribution < -0.4 is 5.32 Å². The van der Waals surface area contributed by atoms with Crippen molar-refractivity contribution in [1.82, 2.24) is 15.1 Å². The third-order valence-electron chi connectivity index (χ3n) is 7.14. The van der Waals surface area contributed by atoms with Crippen molar-refractivity contribution >= 4 is 22.6 Å². The van der Waals surface area contributed by atoms with Gasteiger partial charge in [-0.15, -0.1) is 0 Å². The van der Waals surface area contributed by atoms with E-state index < -0.39 is 6.04 Å². The van der Waals surface area contributed by atoms with Gasteiger partial charge in [0.05, 0.1) is 24.8 Å². The molecule has 0 aromatic heterocycles. The summed E-state index contributed by atoms with van der Waals surface area (Å²) >= 11 is 0. The highest BCUT2D eigenvalue weighted by Gasteiger charge is 2.36. The van der Waals surface area contributed by atoms with Crippen molar-refractivity contribution in [2.24, 2.45) is 0 Å². The molecule has 3 aromatic carbocycles. The number of benzene rings is 3. The molecule has 2 atom stereocenters. The number of ether oxygens (including phenoxy) is 1. The Morgan fingerprint density at radius 3 is 2.67 bits per heavy atom. The summed E-state index contributed by atoms with van der Waals surface area (Å²) in [7, 11) is 0. The summed E-state index contributed by atoms with van der Waals surface area (Å²) in [6.45, 7) is 3.28. The molecule has 0 bridgehead atoms. The fourth-order valence-electron chi connectivity index (χ4n) is 5.24. The van der Waals surface area contributed by atoms with Crippen LogP contribution >= 0.6 is 0 Å². The molecule has 36 heavy (non-hydrogen) atoms. The molecule has 2 aliphatic heterocycles. The van der Waals surface area contributed by atoms with Crippen LogP contribution in [0.4, 0.5) is 4.39 Å². The summed E-state index contributed by atoms with van der Waals surface area (Å²) < 4.78 is 19.4. The van der Waals surface area contributed by atoms with Crippen LogP contribution in [0.5, 0.6) is 5.75 Å². The minimum absolute atomic E-state index is 0.0670. The molecule has 2 fully saturated rings. The Bertz CT molecular complexity index is 1260. The number of rotatable bonds is 6. The van der Waals surface area contributed by atoms with Crippen molar-refractivity contribution in [2.45, 2.75) is 24.9 Å². The van der Waals surface area contributed by atoms with Crippen LogP contribution in [0.25, 0.3) is 10.8 Å². The van der Waals surface area contributed by atoms with E-state index in [1.165, 1.54) is 12.1 Å². The third kappa shape index (κ3) is 4.92. The number of nitrogens with one attached hydrogen (secondary N) is 1.